The summed E-state index contributed by atoms with van der Waals surface area (Å²) in [5.74, 6) is 0.977. The summed E-state index contributed by atoms with van der Waals surface area (Å²) in [5, 5.41) is 2.84. The van der Waals surface area contributed by atoms with E-state index in [1.54, 1.807) is 11.8 Å². The highest BCUT2D eigenvalue weighted by atomic mass is 32.2. The first-order chi connectivity index (χ1) is 11.9. The molecule has 0 bridgehead atoms. The molecule has 0 heterocycles. The number of ketones is 1. The molecule has 0 saturated heterocycles. The van der Waals surface area contributed by atoms with Gasteiger partial charge in [-0.3, -0.25) is 9.59 Å². The molecule has 4 heteroatoms. The van der Waals surface area contributed by atoms with Crippen molar-refractivity contribution in [1.29, 1.82) is 0 Å². The Morgan fingerprint density at radius 3 is 2.00 bits per heavy atom. The van der Waals surface area contributed by atoms with Crippen LogP contribution in [0.2, 0.25) is 0 Å². The zero-order valence-corrected chi connectivity index (χ0v) is 16.0. The van der Waals surface area contributed by atoms with Crippen molar-refractivity contribution in [2.45, 2.75) is 44.6 Å². The molecule has 132 valence electrons. The number of hydrogen-bond acceptors (Lipinski definition) is 3. The maximum atomic E-state index is 12.4. The molecular weight excluding hydrogens is 330 g/mol. The molecule has 3 nitrogen and oxygen atoms in total. The van der Waals surface area contributed by atoms with Gasteiger partial charge in [0, 0.05) is 17.4 Å². The van der Waals surface area contributed by atoms with E-state index >= 15 is 0 Å². The molecular formula is C21H25NO2S. The van der Waals surface area contributed by atoms with E-state index in [9.17, 15) is 9.59 Å². The Hall–Kier alpha value is -2.07. The van der Waals surface area contributed by atoms with Crippen molar-refractivity contribution in [1.82, 2.24) is 5.32 Å². The first-order valence-corrected chi connectivity index (χ1v) is 9.48. The van der Waals surface area contributed by atoms with Crippen molar-refractivity contribution in [3.05, 3.63) is 65.2 Å². The van der Waals surface area contributed by atoms with Crippen molar-refractivity contribution in [3.8, 4) is 0 Å². The number of nitrogens with one attached hydrogen (secondary N) is 1. The zero-order valence-electron chi connectivity index (χ0n) is 15.2. The van der Waals surface area contributed by atoms with Gasteiger partial charge in [-0.25, -0.2) is 0 Å². The van der Waals surface area contributed by atoms with Gasteiger partial charge in [0.25, 0.3) is 0 Å². The smallest absolute Gasteiger partial charge is 0.217 e. The monoisotopic (exact) mass is 355 g/mol. The molecule has 1 N–H and O–H groups in total. The molecule has 0 aliphatic heterocycles. The van der Waals surface area contributed by atoms with Crippen LogP contribution in [0, 0.1) is 0 Å². The highest BCUT2D eigenvalue weighted by Crippen LogP contribution is 2.23. The van der Waals surface area contributed by atoms with Crippen molar-refractivity contribution >= 4 is 23.5 Å². The molecule has 2 aromatic carbocycles. The lowest BCUT2D eigenvalue weighted by Crippen LogP contribution is -2.23. The molecule has 0 aromatic heterocycles. The van der Waals surface area contributed by atoms with Crippen molar-refractivity contribution in [2.24, 2.45) is 0 Å². The predicted octanol–water partition coefficient (Wildman–Crippen LogP) is 4.98. The number of benzene rings is 2. The third-order valence-corrected chi connectivity index (χ3v) is 5.08. The minimum Gasteiger partial charge on any atom is -0.350 e. The average Bonchev–Trinajstić information content (AvgIpc) is 2.59. The van der Waals surface area contributed by atoms with Crippen LogP contribution in [0.5, 0.6) is 0 Å². The quantitative estimate of drug-likeness (QED) is 0.563. The van der Waals surface area contributed by atoms with E-state index in [2.05, 4.69) is 43.4 Å². The number of thioether (sulfide) groups is 1. The number of amides is 1. The summed E-state index contributed by atoms with van der Waals surface area (Å²) in [6.45, 7) is 7.76. The Kier molecular flexibility index (Phi) is 6.82. The van der Waals surface area contributed by atoms with Gasteiger partial charge in [-0.15, -0.1) is 11.8 Å². The summed E-state index contributed by atoms with van der Waals surface area (Å²) < 4.78 is 0. The van der Waals surface area contributed by atoms with Gasteiger partial charge in [0.1, 0.15) is 0 Å². The molecule has 2 rings (SSSR count). The van der Waals surface area contributed by atoms with E-state index in [1.807, 2.05) is 31.2 Å². The van der Waals surface area contributed by atoms with E-state index in [0.717, 1.165) is 10.5 Å². The zero-order chi connectivity index (χ0) is 18.4. The van der Waals surface area contributed by atoms with Crippen molar-refractivity contribution in [2.75, 3.05) is 5.75 Å². The van der Waals surface area contributed by atoms with Crippen LogP contribution >= 0.6 is 11.8 Å². The summed E-state index contributed by atoms with van der Waals surface area (Å²) in [5.41, 5.74) is 2.99. The predicted molar refractivity (Wildman–Crippen MR) is 104 cm³/mol. The van der Waals surface area contributed by atoms with Crippen LogP contribution in [0.25, 0.3) is 0 Å². The van der Waals surface area contributed by atoms with Gasteiger partial charge >= 0.3 is 0 Å². The van der Waals surface area contributed by atoms with Crippen LogP contribution in [0.3, 0.4) is 0 Å². The van der Waals surface area contributed by atoms with Crippen LogP contribution in [0.1, 0.15) is 61.1 Å². The van der Waals surface area contributed by atoms with Crippen molar-refractivity contribution in [3.63, 3.8) is 0 Å². The van der Waals surface area contributed by atoms with Crippen LogP contribution in [0.4, 0.5) is 0 Å². The first kappa shape index (κ1) is 19.3. The third-order valence-electron chi connectivity index (χ3n) is 4.07. The SMILES string of the molecule is CC(=O)NC(C)c1ccc(C(=O)CSc2ccc(C(C)C)cc2)cc1. The van der Waals surface area contributed by atoms with Gasteiger partial charge in [0.15, 0.2) is 5.78 Å². The molecule has 2 aromatic rings. The average molecular weight is 356 g/mol. The molecule has 1 atom stereocenters. The van der Waals surface area contributed by atoms with Gasteiger partial charge in [0.2, 0.25) is 5.91 Å². The summed E-state index contributed by atoms with van der Waals surface area (Å²) in [6, 6.07) is 15.8. The van der Waals surface area contributed by atoms with Gasteiger partial charge in [-0.1, -0.05) is 50.2 Å². The van der Waals surface area contributed by atoms with Gasteiger partial charge in [-0.05, 0) is 36.1 Å². The normalized spacial score (nSPS) is 12.0. The van der Waals surface area contributed by atoms with Crippen LogP contribution in [0.15, 0.2) is 53.4 Å². The third kappa shape index (κ3) is 5.75. The van der Waals surface area contributed by atoms with Crippen LogP contribution in [-0.4, -0.2) is 17.4 Å². The molecule has 1 amide bonds. The highest BCUT2D eigenvalue weighted by Gasteiger charge is 2.10. The fraction of sp³-hybridized carbons (Fsp3) is 0.333. The Morgan fingerprint density at radius 1 is 0.920 bits per heavy atom. The van der Waals surface area contributed by atoms with E-state index < -0.39 is 0 Å². The summed E-state index contributed by atoms with van der Waals surface area (Å²) >= 11 is 1.56. The van der Waals surface area contributed by atoms with Crippen LogP contribution in [-0.2, 0) is 4.79 Å². The number of Topliss-reactive ketones (excluding diaryl/α,β-unsaturated/α-hetero) is 1. The molecule has 25 heavy (non-hydrogen) atoms. The van der Waals surface area contributed by atoms with Crippen LogP contribution < -0.4 is 5.32 Å². The largest absolute Gasteiger partial charge is 0.350 e. The maximum Gasteiger partial charge on any atom is 0.217 e. The van der Waals surface area contributed by atoms with Crippen molar-refractivity contribution < 1.29 is 9.59 Å². The minimum atomic E-state index is -0.0625. The summed E-state index contributed by atoms with van der Waals surface area (Å²) in [6.07, 6.45) is 0. The highest BCUT2D eigenvalue weighted by molar-refractivity contribution is 8.00. The molecule has 0 aliphatic carbocycles. The van der Waals surface area contributed by atoms with E-state index in [4.69, 9.17) is 0 Å². The topological polar surface area (TPSA) is 46.2 Å². The number of hydrogen-bond donors (Lipinski definition) is 1. The van der Waals surface area contributed by atoms with E-state index in [0.29, 0.717) is 17.2 Å². The number of carbonyl (C=O) groups is 2. The Labute approximate surface area is 154 Å². The fourth-order valence-electron chi connectivity index (χ4n) is 2.53. The number of rotatable bonds is 7. The molecule has 0 radical (unpaired) electrons. The van der Waals surface area contributed by atoms with Gasteiger partial charge in [0.05, 0.1) is 11.8 Å². The Bertz CT molecular complexity index is 721. The van der Waals surface area contributed by atoms with Gasteiger partial charge < -0.3 is 5.32 Å². The molecule has 0 fully saturated rings. The molecule has 0 saturated carbocycles. The van der Waals surface area contributed by atoms with Gasteiger partial charge in [-0.2, -0.15) is 0 Å². The lowest BCUT2D eigenvalue weighted by Gasteiger charge is -2.13. The van der Waals surface area contributed by atoms with E-state index in [1.165, 1.54) is 12.5 Å². The van der Waals surface area contributed by atoms with E-state index in [-0.39, 0.29) is 17.7 Å². The lowest BCUT2D eigenvalue weighted by molar-refractivity contribution is -0.119. The summed E-state index contributed by atoms with van der Waals surface area (Å²) in [4.78, 5) is 24.6. The summed E-state index contributed by atoms with van der Waals surface area (Å²) in [7, 11) is 0. The second-order valence-corrected chi connectivity index (χ2v) is 7.53. The lowest BCUT2D eigenvalue weighted by atomic mass is 10.0. The first-order valence-electron chi connectivity index (χ1n) is 8.50. The fourth-order valence-corrected chi connectivity index (χ4v) is 3.32. The Balaban J connectivity index is 1.93. The molecule has 1 unspecified atom stereocenters. The minimum absolute atomic E-state index is 0.0597. The molecule has 0 spiro atoms. The number of carbonyl (C=O) groups excluding carboxylic acids is 2. The standard InChI is InChI=1S/C21H25NO2S/c1-14(2)17-9-11-20(12-10-17)25-13-21(24)19-7-5-18(6-8-19)15(3)22-16(4)23/h5-12,14-15H,13H2,1-4H3,(H,22,23). The molecule has 0 aliphatic rings. The Morgan fingerprint density at radius 2 is 1.48 bits per heavy atom. The maximum absolute atomic E-state index is 12.4. The second kappa shape index (κ2) is 8.86. The second-order valence-electron chi connectivity index (χ2n) is 6.48.